The van der Waals surface area contributed by atoms with Crippen LogP contribution in [-0.4, -0.2) is 50.8 Å². The minimum Gasteiger partial charge on any atom is -0.377 e. The lowest BCUT2D eigenvalue weighted by atomic mass is 10.1. The van der Waals surface area contributed by atoms with E-state index in [1.54, 1.807) is 0 Å². The fourth-order valence-electron chi connectivity index (χ4n) is 1.93. The van der Waals surface area contributed by atoms with E-state index in [1.165, 1.54) is 25.8 Å². The van der Waals surface area contributed by atoms with Crippen LogP contribution in [-0.2, 0) is 4.74 Å². The lowest BCUT2D eigenvalue weighted by Gasteiger charge is -2.18. The van der Waals surface area contributed by atoms with Crippen LogP contribution in [0.15, 0.2) is 0 Å². The van der Waals surface area contributed by atoms with Crippen molar-refractivity contribution < 1.29 is 4.74 Å². The summed E-state index contributed by atoms with van der Waals surface area (Å²) in [5, 5.41) is 3.48. The summed E-state index contributed by atoms with van der Waals surface area (Å²) >= 11 is 0. The van der Waals surface area contributed by atoms with Gasteiger partial charge in [-0.1, -0.05) is 13.8 Å². The van der Waals surface area contributed by atoms with Crippen LogP contribution < -0.4 is 5.32 Å². The van der Waals surface area contributed by atoms with Gasteiger partial charge in [-0.2, -0.15) is 0 Å². The summed E-state index contributed by atoms with van der Waals surface area (Å²) in [6.45, 7) is 9.97. The predicted octanol–water partition coefficient (Wildman–Crippen LogP) is 1.73. The molecule has 3 nitrogen and oxygen atoms in total. The van der Waals surface area contributed by atoms with Gasteiger partial charge in [0, 0.05) is 26.2 Å². The van der Waals surface area contributed by atoms with Crippen LogP contribution in [0.4, 0.5) is 0 Å². The van der Waals surface area contributed by atoms with Gasteiger partial charge >= 0.3 is 0 Å². The summed E-state index contributed by atoms with van der Waals surface area (Å²) in [7, 11) is 2.20. The summed E-state index contributed by atoms with van der Waals surface area (Å²) < 4.78 is 5.56. The zero-order valence-corrected chi connectivity index (χ0v) is 11.2. The lowest BCUT2D eigenvalue weighted by molar-refractivity contribution is 0.109. The molecular weight excluding hydrogens is 200 g/mol. The van der Waals surface area contributed by atoms with Crippen LogP contribution in [0.5, 0.6) is 0 Å². The molecule has 0 aromatic carbocycles. The molecule has 96 valence electrons. The molecule has 1 atom stereocenters. The third-order valence-corrected chi connectivity index (χ3v) is 3.15. The number of likely N-dealkylation sites (N-methyl/N-ethyl adjacent to an activating group) is 1. The Morgan fingerprint density at radius 3 is 2.81 bits per heavy atom. The van der Waals surface area contributed by atoms with Crippen molar-refractivity contribution in [1.29, 1.82) is 0 Å². The van der Waals surface area contributed by atoms with Crippen molar-refractivity contribution in [2.24, 2.45) is 5.92 Å². The number of nitrogens with zero attached hydrogens (tertiary/aromatic N) is 1. The molecule has 3 heteroatoms. The Balaban J connectivity index is 1.89. The SMILES string of the molecule is CC(C)CCN(C)CCNCC1CCCO1. The summed E-state index contributed by atoms with van der Waals surface area (Å²) in [5.74, 6) is 0.808. The molecule has 0 aromatic heterocycles. The van der Waals surface area contributed by atoms with Crippen molar-refractivity contribution in [1.82, 2.24) is 10.2 Å². The maximum atomic E-state index is 5.56. The molecule has 0 radical (unpaired) electrons. The molecule has 1 N–H and O–H groups in total. The van der Waals surface area contributed by atoms with E-state index in [1.807, 2.05) is 0 Å². The smallest absolute Gasteiger partial charge is 0.0700 e. The van der Waals surface area contributed by atoms with Crippen molar-refractivity contribution in [2.75, 3.05) is 39.8 Å². The second-order valence-corrected chi connectivity index (χ2v) is 5.32. The minimum atomic E-state index is 0.473. The van der Waals surface area contributed by atoms with Crippen LogP contribution in [0.25, 0.3) is 0 Å². The van der Waals surface area contributed by atoms with E-state index in [0.717, 1.165) is 32.2 Å². The number of rotatable bonds is 8. The third-order valence-electron chi connectivity index (χ3n) is 3.15. The van der Waals surface area contributed by atoms with Crippen LogP contribution in [0, 0.1) is 5.92 Å². The molecular formula is C13H28N2O. The Morgan fingerprint density at radius 1 is 1.38 bits per heavy atom. The summed E-state index contributed by atoms with van der Waals surface area (Å²) in [6, 6.07) is 0. The van der Waals surface area contributed by atoms with Crippen molar-refractivity contribution in [3.63, 3.8) is 0 Å². The fraction of sp³-hybridized carbons (Fsp3) is 1.00. The fourth-order valence-corrected chi connectivity index (χ4v) is 1.93. The quantitative estimate of drug-likeness (QED) is 0.640. The second-order valence-electron chi connectivity index (χ2n) is 5.32. The van der Waals surface area contributed by atoms with E-state index in [0.29, 0.717) is 6.10 Å². The molecule has 1 saturated heterocycles. The lowest BCUT2D eigenvalue weighted by Crippen LogP contribution is -2.34. The van der Waals surface area contributed by atoms with Gasteiger partial charge in [0.25, 0.3) is 0 Å². The Kier molecular flexibility index (Phi) is 7.01. The molecule has 0 saturated carbocycles. The highest BCUT2D eigenvalue weighted by molar-refractivity contribution is 4.67. The molecule has 0 amide bonds. The molecule has 0 bridgehead atoms. The monoisotopic (exact) mass is 228 g/mol. The van der Waals surface area contributed by atoms with E-state index in [9.17, 15) is 0 Å². The molecule has 0 aliphatic carbocycles. The van der Waals surface area contributed by atoms with Crippen molar-refractivity contribution >= 4 is 0 Å². The van der Waals surface area contributed by atoms with Gasteiger partial charge in [0.2, 0.25) is 0 Å². The standard InChI is InChI=1S/C13H28N2O/c1-12(2)6-8-15(3)9-7-14-11-13-5-4-10-16-13/h12-14H,4-11H2,1-3H3. The van der Waals surface area contributed by atoms with E-state index in [4.69, 9.17) is 4.74 Å². The first kappa shape index (κ1) is 13.9. The van der Waals surface area contributed by atoms with Gasteiger partial charge in [-0.3, -0.25) is 0 Å². The summed E-state index contributed by atoms with van der Waals surface area (Å²) in [5.41, 5.74) is 0. The van der Waals surface area contributed by atoms with E-state index >= 15 is 0 Å². The predicted molar refractivity (Wildman–Crippen MR) is 68.8 cm³/mol. The third kappa shape index (κ3) is 6.46. The average molecular weight is 228 g/mol. The Labute approximate surface area is 101 Å². The molecule has 1 heterocycles. The van der Waals surface area contributed by atoms with Crippen LogP contribution in [0.2, 0.25) is 0 Å². The molecule has 1 rings (SSSR count). The number of hydrogen-bond acceptors (Lipinski definition) is 3. The minimum absolute atomic E-state index is 0.473. The van der Waals surface area contributed by atoms with Gasteiger partial charge < -0.3 is 15.0 Å². The Morgan fingerprint density at radius 2 is 2.19 bits per heavy atom. The largest absolute Gasteiger partial charge is 0.377 e. The van der Waals surface area contributed by atoms with Crippen LogP contribution in [0.1, 0.15) is 33.1 Å². The second kappa shape index (κ2) is 8.04. The Bertz CT molecular complexity index is 167. The van der Waals surface area contributed by atoms with Gasteiger partial charge in [0.05, 0.1) is 6.10 Å². The van der Waals surface area contributed by atoms with Gasteiger partial charge in [-0.15, -0.1) is 0 Å². The van der Waals surface area contributed by atoms with Crippen molar-refractivity contribution in [2.45, 2.75) is 39.2 Å². The number of hydrogen-bond donors (Lipinski definition) is 1. The first-order valence-electron chi connectivity index (χ1n) is 6.69. The number of ether oxygens (including phenoxy) is 1. The van der Waals surface area contributed by atoms with E-state index in [2.05, 4.69) is 31.1 Å². The zero-order valence-electron chi connectivity index (χ0n) is 11.2. The van der Waals surface area contributed by atoms with Gasteiger partial charge in [-0.05, 0) is 38.8 Å². The number of nitrogens with one attached hydrogen (secondary N) is 1. The van der Waals surface area contributed by atoms with Gasteiger partial charge in [-0.25, -0.2) is 0 Å². The highest BCUT2D eigenvalue weighted by Gasteiger charge is 2.14. The van der Waals surface area contributed by atoms with Crippen molar-refractivity contribution in [3.05, 3.63) is 0 Å². The molecule has 1 aliphatic rings. The van der Waals surface area contributed by atoms with Crippen LogP contribution >= 0.6 is 0 Å². The molecule has 1 aliphatic heterocycles. The first-order valence-corrected chi connectivity index (χ1v) is 6.69. The van der Waals surface area contributed by atoms with E-state index < -0.39 is 0 Å². The van der Waals surface area contributed by atoms with Gasteiger partial charge in [0.15, 0.2) is 0 Å². The highest BCUT2D eigenvalue weighted by atomic mass is 16.5. The van der Waals surface area contributed by atoms with Crippen LogP contribution in [0.3, 0.4) is 0 Å². The summed E-state index contributed by atoms with van der Waals surface area (Å²) in [4.78, 5) is 2.41. The molecule has 0 aromatic rings. The van der Waals surface area contributed by atoms with E-state index in [-0.39, 0.29) is 0 Å². The Hall–Kier alpha value is -0.120. The normalized spacial score (nSPS) is 21.2. The molecule has 0 spiro atoms. The van der Waals surface area contributed by atoms with Crippen molar-refractivity contribution in [3.8, 4) is 0 Å². The highest BCUT2D eigenvalue weighted by Crippen LogP contribution is 2.10. The zero-order chi connectivity index (χ0) is 11.8. The maximum Gasteiger partial charge on any atom is 0.0700 e. The maximum absolute atomic E-state index is 5.56. The summed E-state index contributed by atoms with van der Waals surface area (Å²) in [6.07, 6.45) is 4.24. The topological polar surface area (TPSA) is 24.5 Å². The average Bonchev–Trinajstić information content (AvgIpc) is 2.74. The molecule has 16 heavy (non-hydrogen) atoms. The first-order chi connectivity index (χ1) is 7.68. The molecule has 1 fully saturated rings. The van der Waals surface area contributed by atoms with Gasteiger partial charge in [0.1, 0.15) is 0 Å². The molecule has 1 unspecified atom stereocenters.